The van der Waals surface area contributed by atoms with Crippen LogP contribution in [0, 0.1) is 0 Å². The van der Waals surface area contributed by atoms with Crippen LogP contribution in [0.1, 0.15) is 46.0 Å². The highest BCUT2D eigenvalue weighted by molar-refractivity contribution is 5.01. The summed E-state index contributed by atoms with van der Waals surface area (Å²) in [4.78, 5) is 0. The van der Waals surface area contributed by atoms with E-state index in [-0.39, 0.29) is 5.60 Å². The molecule has 1 aliphatic carbocycles. The Morgan fingerprint density at radius 1 is 1.53 bits per heavy atom. The van der Waals surface area contributed by atoms with Gasteiger partial charge in [-0.1, -0.05) is 12.5 Å². The first-order chi connectivity index (χ1) is 7.14. The summed E-state index contributed by atoms with van der Waals surface area (Å²) in [5, 5.41) is 3.57. The molecule has 0 aromatic heterocycles. The number of ether oxygens (including phenoxy) is 1. The second-order valence-corrected chi connectivity index (χ2v) is 4.73. The summed E-state index contributed by atoms with van der Waals surface area (Å²) in [6.07, 6.45) is 5.97. The molecule has 1 unspecified atom stereocenters. The summed E-state index contributed by atoms with van der Waals surface area (Å²) >= 11 is 0. The minimum Gasteiger partial charge on any atom is -0.377 e. The van der Waals surface area contributed by atoms with Gasteiger partial charge in [0.2, 0.25) is 0 Å². The maximum atomic E-state index is 5.73. The third-order valence-electron chi connectivity index (χ3n) is 3.55. The van der Waals surface area contributed by atoms with Gasteiger partial charge in [0.1, 0.15) is 0 Å². The molecule has 2 heteroatoms. The van der Waals surface area contributed by atoms with Gasteiger partial charge in [-0.05, 0) is 45.6 Å². The van der Waals surface area contributed by atoms with Crippen molar-refractivity contribution >= 4 is 0 Å². The first-order valence-corrected chi connectivity index (χ1v) is 6.07. The van der Waals surface area contributed by atoms with E-state index < -0.39 is 0 Å². The number of hydrogen-bond acceptors (Lipinski definition) is 2. The Labute approximate surface area is 94.1 Å². The van der Waals surface area contributed by atoms with Crippen molar-refractivity contribution in [2.24, 2.45) is 0 Å². The monoisotopic (exact) mass is 211 g/mol. The van der Waals surface area contributed by atoms with Crippen LogP contribution in [0.25, 0.3) is 0 Å². The number of allylic oxidation sites excluding steroid dienone is 1. The number of rotatable bonds is 7. The molecule has 0 amide bonds. The highest BCUT2D eigenvalue weighted by Crippen LogP contribution is 2.39. The SMILES string of the molecule is C=C(C)CCC(NCC)C1(OC)CCC1. The molecule has 0 radical (unpaired) electrons. The predicted octanol–water partition coefficient (Wildman–Crippen LogP) is 2.89. The molecule has 0 aromatic rings. The van der Waals surface area contributed by atoms with Crippen LogP contribution in [0.15, 0.2) is 12.2 Å². The lowest BCUT2D eigenvalue weighted by Crippen LogP contribution is -2.56. The molecule has 0 saturated heterocycles. The minimum atomic E-state index is 0.117. The van der Waals surface area contributed by atoms with Gasteiger partial charge in [0.05, 0.1) is 5.60 Å². The summed E-state index contributed by atoms with van der Waals surface area (Å²) < 4.78 is 5.73. The van der Waals surface area contributed by atoms with E-state index in [1.54, 1.807) is 0 Å². The topological polar surface area (TPSA) is 21.3 Å². The predicted molar refractivity (Wildman–Crippen MR) is 65.1 cm³/mol. The Hall–Kier alpha value is -0.340. The van der Waals surface area contributed by atoms with Gasteiger partial charge in [-0.3, -0.25) is 0 Å². The molecular formula is C13H25NO. The van der Waals surface area contributed by atoms with Crippen molar-refractivity contribution in [1.82, 2.24) is 5.32 Å². The summed E-state index contributed by atoms with van der Waals surface area (Å²) in [6.45, 7) is 9.25. The molecule has 1 fully saturated rings. The number of likely N-dealkylation sites (N-methyl/N-ethyl adjacent to an activating group) is 1. The Kier molecular flexibility index (Phi) is 4.81. The van der Waals surface area contributed by atoms with Crippen molar-refractivity contribution in [2.45, 2.75) is 57.6 Å². The average Bonchev–Trinajstić information content (AvgIpc) is 2.13. The quantitative estimate of drug-likeness (QED) is 0.654. The maximum absolute atomic E-state index is 5.73. The number of hydrogen-bond donors (Lipinski definition) is 1. The second-order valence-electron chi connectivity index (χ2n) is 4.73. The van der Waals surface area contributed by atoms with Crippen LogP contribution in [0.5, 0.6) is 0 Å². The molecule has 0 aliphatic heterocycles. The molecule has 1 atom stereocenters. The molecule has 1 rings (SSSR count). The van der Waals surface area contributed by atoms with Crippen molar-refractivity contribution in [3.8, 4) is 0 Å². The van der Waals surface area contributed by atoms with Gasteiger partial charge in [0, 0.05) is 13.2 Å². The molecular weight excluding hydrogens is 186 g/mol. The molecule has 0 heterocycles. The van der Waals surface area contributed by atoms with Gasteiger partial charge in [-0.15, -0.1) is 6.58 Å². The fraction of sp³-hybridized carbons (Fsp3) is 0.846. The lowest BCUT2D eigenvalue weighted by molar-refractivity contribution is -0.0995. The highest BCUT2D eigenvalue weighted by Gasteiger charge is 2.43. The lowest BCUT2D eigenvalue weighted by atomic mass is 9.73. The molecule has 0 aromatic carbocycles. The summed E-state index contributed by atoms with van der Waals surface area (Å²) in [6, 6.07) is 0.498. The van der Waals surface area contributed by atoms with Crippen molar-refractivity contribution in [3.05, 3.63) is 12.2 Å². The van der Waals surface area contributed by atoms with Crippen molar-refractivity contribution in [1.29, 1.82) is 0 Å². The third kappa shape index (κ3) is 3.05. The minimum absolute atomic E-state index is 0.117. The van der Waals surface area contributed by atoms with E-state index in [4.69, 9.17) is 4.74 Å². The standard InChI is InChI=1S/C13H25NO/c1-5-14-12(8-7-11(2)3)13(15-4)9-6-10-13/h12,14H,2,5-10H2,1,3-4H3. The van der Waals surface area contributed by atoms with Crippen LogP contribution in [0.4, 0.5) is 0 Å². The Balaban J connectivity index is 2.51. The van der Waals surface area contributed by atoms with Gasteiger partial charge < -0.3 is 10.1 Å². The van der Waals surface area contributed by atoms with E-state index in [1.807, 2.05) is 7.11 Å². The zero-order chi connectivity index (χ0) is 11.3. The maximum Gasteiger partial charge on any atom is 0.0831 e. The molecule has 88 valence electrons. The largest absolute Gasteiger partial charge is 0.377 e. The van der Waals surface area contributed by atoms with E-state index in [2.05, 4.69) is 25.7 Å². The fourth-order valence-corrected chi connectivity index (χ4v) is 2.41. The Morgan fingerprint density at radius 2 is 2.20 bits per heavy atom. The van der Waals surface area contributed by atoms with E-state index >= 15 is 0 Å². The van der Waals surface area contributed by atoms with Gasteiger partial charge in [0.15, 0.2) is 0 Å². The van der Waals surface area contributed by atoms with Gasteiger partial charge in [-0.25, -0.2) is 0 Å². The first-order valence-electron chi connectivity index (χ1n) is 6.07. The van der Waals surface area contributed by atoms with Gasteiger partial charge in [0.25, 0.3) is 0 Å². The van der Waals surface area contributed by atoms with Gasteiger partial charge >= 0.3 is 0 Å². The molecule has 0 spiro atoms. The second kappa shape index (κ2) is 5.66. The summed E-state index contributed by atoms with van der Waals surface area (Å²) in [7, 11) is 1.85. The van der Waals surface area contributed by atoms with E-state index in [9.17, 15) is 0 Å². The Bertz CT molecular complexity index is 203. The molecule has 15 heavy (non-hydrogen) atoms. The summed E-state index contributed by atoms with van der Waals surface area (Å²) in [5.74, 6) is 0. The van der Waals surface area contributed by atoms with Crippen molar-refractivity contribution in [3.63, 3.8) is 0 Å². The zero-order valence-electron chi connectivity index (χ0n) is 10.4. The van der Waals surface area contributed by atoms with E-state index in [1.165, 1.54) is 24.8 Å². The smallest absolute Gasteiger partial charge is 0.0831 e. The van der Waals surface area contributed by atoms with Crippen LogP contribution in [-0.2, 0) is 4.74 Å². The molecule has 1 N–H and O–H groups in total. The molecule has 1 aliphatic rings. The van der Waals surface area contributed by atoms with Gasteiger partial charge in [-0.2, -0.15) is 0 Å². The molecule has 2 nitrogen and oxygen atoms in total. The van der Waals surface area contributed by atoms with Crippen molar-refractivity contribution < 1.29 is 4.74 Å². The van der Waals surface area contributed by atoms with Crippen LogP contribution in [-0.4, -0.2) is 25.3 Å². The van der Waals surface area contributed by atoms with E-state index in [0.717, 1.165) is 19.4 Å². The molecule has 1 saturated carbocycles. The normalized spacial score (nSPS) is 20.7. The van der Waals surface area contributed by atoms with Crippen molar-refractivity contribution in [2.75, 3.05) is 13.7 Å². The molecule has 0 bridgehead atoms. The average molecular weight is 211 g/mol. The lowest BCUT2D eigenvalue weighted by Gasteiger charge is -2.47. The first kappa shape index (κ1) is 12.7. The highest BCUT2D eigenvalue weighted by atomic mass is 16.5. The number of methoxy groups -OCH3 is 1. The van der Waals surface area contributed by atoms with Crippen LogP contribution in [0.2, 0.25) is 0 Å². The van der Waals surface area contributed by atoms with Crippen LogP contribution < -0.4 is 5.32 Å². The Morgan fingerprint density at radius 3 is 2.53 bits per heavy atom. The van der Waals surface area contributed by atoms with Crippen LogP contribution in [0.3, 0.4) is 0 Å². The number of nitrogens with one attached hydrogen (secondary N) is 1. The fourth-order valence-electron chi connectivity index (χ4n) is 2.41. The van der Waals surface area contributed by atoms with Crippen LogP contribution >= 0.6 is 0 Å². The summed E-state index contributed by atoms with van der Waals surface area (Å²) in [5.41, 5.74) is 1.38. The third-order valence-corrected chi connectivity index (χ3v) is 3.55. The van der Waals surface area contributed by atoms with E-state index in [0.29, 0.717) is 6.04 Å². The zero-order valence-corrected chi connectivity index (χ0v) is 10.4.